The number of nitrogens with one attached hydrogen (secondary N) is 1. The molecule has 0 aliphatic carbocycles. The zero-order valence-electron chi connectivity index (χ0n) is 24.3. The van der Waals surface area contributed by atoms with Crippen molar-refractivity contribution in [2.24, 2.45) is 11.8 Å². The highest BCUT2D eigenvalue weighted by Crippen LogP contribution is 2.50. The van der Waals surface area contributed by atoms with Gasteiger partial charge in [-0.15, -0.1) is 11.3 Å². The predicted molar refractivity (Wildman–Crippen MR) is 169 cm³/mol. The molecule has 10 nitrogen and oxygen atoms in total. The lowest BCUT2D eigenvalue weighted by Gasteiger charge is -2.31. The number of thiazole rings is 1. The molecule has 2 aliphatic rings. The van der Waals surface area contributed by atoms with Gasteiger partial charge in [0.25, 0.3) is 5.69 Å². The number of fused-ring (bicyclic) bond motifs is 1. The van der Waals surface area contributed by atoms with Crippen LogP contribution in [0.1, 0.15) is 38.9 Å². The van der Waals surface area contributed by atoms with E-state index in [9.17, 15) is 29.6 Å². The normalized spacial score (nSPS) is 22.7. The minimum absolute atomic E-state index is 0.122. The molecule has 4 aromatic rings. The summed E-state index contributed by atoms with van der Waals surface area (Å²) in [6.07, 6.45) is 4.24. The first kappa shape index (κ1) is 30.0. The van der Waals surface area contributed by atoms with Crippen LogP contribution in [0.15, 0.2) is 84.4 Å². The summed E-state index contributed by atoms with van der Waals surface area (Å²) in [5.74, 6) is -4.33. The lowest BCUT2D eigenvalue weighted by Crippen LogP contribution is -2.57. The number of carbonyl (C=O) groups is 3. The number of carboxylic acids is 1. The SMILES string of the molecule is Cc1ncsc1CCN1C(=O)C2C(c3ccc(/C=C/c4ccccc4)cc3)NC(Cc3ccc([N+](=O)[O-])cc3)(C(=O)O)C2C1=O. The maximum absolute atomic E-state index is 14.0. The summed E-state index contributed by atoms with van der Waals surface area (Å²) in [4.78, 5) is 58.3. The Kier molecular flexibility index (Phi) is 8.13. The van der Waals surface area contributed by atoms with Gasteiger partial charge >= 0.3 is 5.97 Å². The van der Waals surface area contributed by atoms with Crippen LogP contribution in [0.4, 0.5) is 5.69 Å². The van der Waals surface area contributed by atoms with Crippen molar-refractivity contribution in [1.29, 1.82) is 0 Å². The second-order valence-electron chi connectivity index (χ2n) is 11.4. The summed E-state index contributed by atoms with van der Waals surface area (Å²) >= 11 is 1.45. The fourth-order valence-corrected chi connectivity index (χ4v) is 7.18. The van der Waals surface area contributed by atoms with E-state index in [0.29, 0.717) is 17.5 Å². The van der Waals surface area contributed by atoms with Gasteiger partial charge in [0.15, 0.2) is 0 Å². The predicted octanol–water partition coefficient (Wildman–Crippen LogP) is 5.08. The van der Waals surface area contributed by atoms with Crippen LogP contribution < -0.4 is 5.32 Å². The second-order valence-corrected chi connectivity index (χ2v) is 12.3. The minimum atomic E-state index is -1.82. The number of aromatic nitrogens is 1. The zero-order chi connectivity index (χ0) is 31.7. The molecule has 4 unspecified atom stereocenters. The fraction of sp³-hybridized carbons (Fsp3) is 0.235. The Labute approximate surface area is 263 Å². The lowest BCUT2D eigenvalue weighted by molar-refractivity contribution is -0.384. The molecule has 2 aliphatic heterocycles. The number of non-ortho nitro benzene ring substituents is 1. The molecule has 3 aromatic carbocycles. The fourth-order valence-electron chi connectivity index (χ4n) is 6.41. The molecule has 6 rings (SSSR count). The Morgan fingerprint density at radius 2 is 1.69 bits per heavy atom. The van der Waals surface area contributed by atoms with Crippen LogP contribution in [0.2, 0.25) is 0 Å². The van der Waals surface area contributed by atoms with Crippen molar-refractivity contribution in [3.8, 4) is 0 Å². The van der Waals surface area contributed by atoms with Gasteiger partial charge < -0.3 is 5.11 Å². The summed E-state index contributed by atoms with van der Waals surface area (Å²) in [5.41, 5.74) is 3.75. The van der Waals surface area contributed by atoms with Crippen LogP contribution in [0.5, 0.6) is 0 Å². The molecule has 45 heavy (non-hydrogen) atoms. The van der Waals surface area contributed by atoms with Gasteiger partial charge in [-0.05, 0) is 29.2 Å². The first-order valence-electron chi connectivity index (χ1n) is 14.5. The van der Waals surface area contributed by atoms with Gasteiger partial charge in [0, 0.05) is 42.4 Å². The highest BCUT2D eigenvalue weighted by molar-refractivity contribution is 7.09. The van der Waals surface area contributed by atoms with Crippen LogP contribution in [0, 0.1) is 28.9 Å². The Balaban J connectivity index is 1.35. The van der Waals surface area contributed by atoms with Gasteiger partial charge in [0.05, 0.1) is 28.0 Å². The smallest absolute Gasteiger partial charge is 0.325 e. The van der Waals surface area contributed by atoms with Gasteiger partial charge in [0.2, 0.25) is 11.8 Å². The minimum Gasteiger partial charge on any atom is -0.480 e. The van der Waals surface area contributed by atoms with Crippen molar-refractivity contribution >= 4 is 47.0 Å². The Bertz CT molecular complexity index is 1790. The number of nitro groups is 1. The quantitative estimate of drug-likeness (QED) is 0.108. The van der Waals surface area contributed by atoms with Crippen molar-refractivity contribution in [1.82, 2.24) is 15.2 Å². The van der Waals surface area contributed by atoms with Crippen molar-refractivity contribution < 1.29 is 24.4 Å². The maximum atomic E-state index is 14.0. The third-order valence-corrected chi connectivity index (χ3v) is 9.72. The molecule has 228 valence electrons. The molecular formula is C34H30N4O6S. The largest absolute Gasteiger partial charge is 0.480 e. The Morgan fingerprint density at radius 1 is 1.02 bits per heavy atom. The van der Waals surface area contributed by atoms with Crippen LogP contribution >= 0.6 is 11.3 Å². The Morgan fingerprint density at radius 3 is 2.29 bits per heavy atom. The number of aliphatic carboxylic acids is 1. The van der Waals surface area contributed by atoms with Crippen molar-refractivity contribution in [2.45, 2.75) is 31.3 Å². The number of nitro benzene ring substituents is 1. The van der Waals surface area contributed by atoms with Crippen LogP contribution in [0.25, 0.3) is 12.2 Å². The molecule has 4 atom stereocenters. The highest BCUT2D eigenvalue weighted by atomic mass is 32.1. The molecule has 2 amide bonds. The topological polar surface area (TPSA) is 143 Å². The van der Waals surface area contributed by atoms with E-state index in [1.807, 2.05) is 73.7 Å². The summed E-state index contributed by atoms with van der Waals surface area (Å²) in [6.45, 7) is 1.99. The third-order valence-electron chi connectivity index (χ3n) is 8.73. The number of rotatable bonds is 10. The summed E-state index contributed by atoms with van der Waals surface area (Å²) < 4.78 is 0. The highest BCUT2D eigenvalue weighted by Gasteiger charge is 2.68. The third kappa shape index (κ3) is 5.67. The van der Waals surface area contributed by atoms with E-state index in [-0.39, 0.29) is 18.7 Å². The van der Waals surface area contributed by atoms with Gasteiger partial charge in [0.1, 0.15) is 5.54 Å². The molecule has 11 heteroatoms. The average molecular weight is 623 g/mol. The number of amides is 2. The van der Waals surface area contributed by atoms with Crippen molar-refractivity contribution in [3.05, 3.63) is 127 Å². The summed E-state index contributed by atoms with van der Waals surface area (Å²) in [5, 5.41) is 25.2. The number of carboxylic acid groups (broad SMARTS) is 1. The van der Waals surface area contributed by atoms with Crippen LogP contribution in [-0.2, 0) is 27.2 Å². The molecule has 0 spiro atoms. The molecule has 3 heterocycles. The molecular weight excluding hydrogens is 592 g/mol. The summed E-state index contributed by atoms with van der Waals surface area (Å²) in [6, 6.07) is 22.2. The number of carbonyl (C=O) groups excluding carboxylic acids is 2. The molecule has 2 N–H and O–H groups in total. The number of imide groups is 1. The first-order chi connectivity index (χ1) is 21.7. The number of aryl methyl sites for hydroxylation is 1. The van der Waals surface area contributed by atoms with E-state index in [1.54, 1.807) is 5.51 Å². The Hall–Kier alpha value is -5.00. The molecule has 0 bridgehead atoms. The van der Waals surface area contributed by atoms with Gasteiger partial charge in [-0.3, -0.25) is 34.7 Å². The molecule has 2 fully saturated rings. The van der Waals surface area contributed by atoms with E-state index in [1.165, 1.54) is 40.5 Å². The average Bonchev–Trinajstić information content (AvgIpc) is 3.69. The van der Waals surface area contributed by atoms with E-state index in [0.717, 1.165) is 21.7 Å². The number of likely N-dealkylation sites (tertiary alicyclic amines) is 1. The first-order valence-corrected chi connectivity index (χ1v) is 15.4. The number of benzene rings is 3. The lowest BCUT2D eigenvalue weighted by atomic mass is 9.76. The second kappa shape index (κ2) is 12.2. The summed E-state index contributed by atoms with van der Waals surface area (Å²) in [7, 11) is 0. The molecule has 0 saturated carbocycles. The van der Waals surface area contributed by atoms with Gasteiger partial charge in [-0.1, -0.05) is 78.9 Å². The van der Waals surface area contributed by atoms with E-state index >= 15 is 0 Å². The van der Waals surface area contributed by atoms with Crippen molar-refractivity contribution in [2.75, 3.05) is 6.54 Å². The van der Waals surface area contributed by atoms with Crippen LogP contribution in [0.3, 0.4) is 0 Å². The maximum Gasteiger partial charge on any atom is 0.325 e. The van der Waals surface area contributed by atoms with E-state index in [4.69, 9.17) is 0 Å². The zero-order valence-corrected chi connectivity index (χ0v) is 25.1. The van der Waals surface area contributed by atoms with Gasteiger partial charge in [-0.2, -0.15) is 0 Å². The van der Waals surface area contributed by atoms with Crippen molar-refractivity contribution in [3.63, 3.8) is 0 Å². The van der Waals surface area contributed by atoms with Crippen LogP contribution in [-0.4, -0.2) is 49.8 Å². The monoisotopic (exact) mass is 622 g/mol. The molecule has 1 aromatic heterocycles. The standard InChI is InChI=1S/C34H30N4O6S/c1-21-27(45-20-35-21)17-18-37-31(39)28-29(32(37)40)34(33(41)42,19-24-11-15-26(16-12-24)38(43)44)36-30(28)25-13-9-23(10-14-25)8-7-22-5-3-2-4-6-22/h2-16,20,28-30,36H,17-19H2,1H3,(H,41,42)/b8-7+. The molecule has 0 radical (unpaired) electrons. The van der Waals surface area contributed by atoms with Gasteiger partial charge in [-0.25, -0.2) is 4.98 Å². The number of hydrogen-bond acceptors (Lipinski definition) is 8. The van der Waals surface area contributed by atoms with E-state index in [2.05, 4.69) is 10.3 Å². The van der Waals surface area contributed by atoms with E-state index < -0.39 is 46.1 Å². The molecule has 2 saturated heterocycles. The number of nitrogens with zero attached hydrogens (tertiary/aromatic N) is 3. The number of hydrogen-bond donors (Lipinski definition) is 2.